The molecule has 2 rings (SSSR count). The highest BCUT2D eigenvalue weighted by molar-refractivity contribution is 6.18. The van der Waals surface area contributed by atoms with Gasteiger partial charge in [0.2, 0.25) is 0 Å². The van der Waals surface area contributed by atoms with Crippen molar-refractivity contribution in [2.24, 2.45) is 0 Å². The lowest BCUT2D eigenvalue weighted by Crippen LogP contribution is -2.21. The average Bonchev–Trinajstić information content (AvgIpc) is 2.66. The molecule has 2 unspecified atom stereocenters. The first kappa shape index (κ1) is 19.5. The zero-order chi connectivity index (χ0) is 18.1. The molecule has 2 aromatic carbocycles. The molecule has 0 heterocycles. The van der Waals surface area contributed by atoms with Gasteiger partial charge in [-0.1, -0.05) is 24.3 Å². The van der Waals surface area contributed by atoms with Crippen LogP contribution in [0.15, 0.2) is 48.5 Å². The first-order chi connectivity index (χ1) is 12.1. The second-order valence-electron chi connectivity index (χ2n) is 5.73. The summed E-state index contributed by atoms with van der Waals surface area (Å²) in [4.78, 5) is 0. The molecule has 0 radical (unpaired) electrons. The van der Waals surface area contributed by atoms with Gasteiger partial charge >= 0.3 is 0 Å². The minimum atomic E-state index is -0.869. The van der Waals surface area contributed by atoms with Crippen molar-refractivity contribution >= 4 is 11.6 Å². The summed E-state index contributed by atoms with van der Waals surface area (Å²) in [7, 11) is 0. The van der Waals surface area contributed by atoms with Crippen molar-refractivity contribution in [2.45, 2.75) is 18.6 Å². The van der Waals surface area contributed by atoms with Crippen LogP contribution >= 0.6 is 11.6 Å². The molecule has 0 aliphatic rings. The van der Waals surface area contributed by atoms with Crippen LogP contribution in [-0.4, -0.2) is 53.2 Å². The molecule has 0 spiro atoms. The van der Waals surface area contributed by atoms with E-state index in [0.29, 0.717) is 11.5 Å². The van der Waals surface area contributed by atoms with Gasteiger partial charge in [0.25, 0.3) is 0 Å². The van der Waals surface area contributed by atoms with Crippen LogP contribution in [0.5, 0.6) is 11.5 Å². The van der Waals surface area contributed by atoms with Crippen molar-refractivity contribution in [1.29, 1.82) is 0 Å². The maximum atomic E-state index is 9.38. The lowest BCUT2D eigenvalue weighted by Gasteiger charge is -2.11. The van der Waals surface area contributed by atoms with E-state index in [1.165, 1.54) is 0 Å². The molecule has 0 aliphatic carbocycles. The van der Waals surface area contributed by atoms with Crippen LogP contribution in [0.1, 0.15) is 11.1 Å². The Morgan fingerprint density at radius 1 is 0.760 bits per heavy atom. The molecule has 0 bridgehead atoms. The summed E-state index contributed by atoms with van der Waals surface area (Å²) in [5.74, 6) is 1.49. The van der Waals surface area contributed by atoms with Gasteiger partial charge in [-0.3, -0.25) is 0 Å². The second kappa shape index (κ2) is 10.3. The Balaban J connectivity index is 1.85. The number of alkyl halides is 1. The van der Waals surface area contributed by atoms with Crippen molar-refractivity contribution in [3.8, 4) is 11.5 Å². The first-order valence-corrected chi connectivity index (χ1v) is 8.60. The third-order valence-electron chi connectivity index (χ3n) is 3.53. The average molecular weight is 367 g/mol. The van der Waals surface area contributed by atoms with E-state index >= 15 is 0 Å². The van der Waals surface area contributed by atoms with E-state index in [9.17, 15) is 10.2 Å². The van der Waals surface area contributed by atoms with Gasteiger partial charge in [0, 0.05) is 0 Å². The summed E-state index contributed by atoms with van der Waals surface area (Å²) in [6, 6.07) is 15.3. The number of rotatable bonds is 10. The second-order valence-corrected chi connectivity index (χ2v) is 6.04. The van der Waals surface area contributed by atoms with Crippen molar-refractivity contribution < 1.29 is 24.8 Å². The molecule has 5 nitrogen and oxygen atoms in total. The summed E-state index contributed by atoms with van der Waals surface area (Å²) >= 11 is 5.52. The van der Waals surface area contributed by atoms with Gasteiger partial charge in [-0.15, -0.1) is 11.6 Å². The topological polar surface area (TPSA) is 79.2 Å². The zero-order valence-electron chi connectivity index (χ0n) is 13.8. The van der Waals surface area contributed by atoms with Crippen molar-refractivity contribution in [1.82, 2.24) is 0 Å². The molecule has 0 amide bonds. The molecule has 25 heavy (non-hydrogen) atoms. The van der Waals surface area contributed by atoms with Crippen molar-refractivity contribution in [3.05, 3.63) is 59.7 Å². The molecule has 0 fully saturated rings. The number of ether oxygens (including phenoxy) is 2. The number of aliphatic hydroxyl groups excluding tert-OH is 3. The molecular formula is C19H23ClO5. The zero-order valence-corrected chi connectivity index (χ0v) is 14.6. The number of hydrogen-bond acceptors (Lipinski definition) is 5. The third kappa shape index (κ3) is 6.92. The van der Waals surface area contributed by atoms with Crippen LogP contribution < -0.4 is 9.47 Å². The molecule has 6 heteroatoms. The number of aliphatic hydroxyl groups is 3. The van der Waals surface area contributed by atoms with Gasteiger partial charge in [0.05, 0.1) is 12.5 Å². The van der Waals surface area contributed by atoms with Gasteiger partial charge in [0.15, 0.2) is 0 Å². The van der Waals surface area contributed by atoms with Crippen LogP contribution in [0.2, 0.25) is 0 Å². The SMILES string of the molecule is OCC(O)COc1ccc(Cc2ccc(OCC(O)CCl)cc2)cc1. The lowest BCUT2D eigenvalue weighted by atomic mass is 10.0. The van der Waals surface area contributed by atoms with E-state index in [-0.39, 0.29) is 25.7 Å². The van der Waals surface area contributed by atoms with E-state index in [1.807, 2.05) is 48.5 Å². The van der Waals surface area contributed by atoms with E-state index in [4.69, 9.17) is 26.2 Å². The Morgan fingerprint density at radius 2 is 1.20 bits per heavy atom. The summed E-state index contributed by atoms with van der Waals surface area (Å²) < 4.78 is 10.8. The van der Waals surface area contributed by atoms with E-state index < -0.39 is 12.2 Å². The predicted molar refractivity (Wildman–Crippen MR) is 96.5 cm³/mol. The van der Waals surface area contributed by atoms with Gasteiger partial charge in [0.1, 0.15) is 36.9 Å². The lowest BCUT2D eigenvalue weighted by molar-refractivity contribution is 0.0536. The standard InChI is InChI=1S/C19H23ClO5/c20-10-16(22)12-24-18-5-1-14(2-6-18)9-15-3-7-19(8-4-15)25-13-17(23)11-21/h1-8,16-17,21-23H,9-13H2. The highest BCUT2D eigenvalue weighted by atomic mass is 35.5. The predicted octanol–water partition coefficient (Wildman–Crippen LogP) is 1.99. The van der Waals surface area contributed by atoms with Crippen LogP contribution in [-0.2, 0) is 6.42 Å². The molecule has 0 saturated carbocycles. The first-order valence-electron chi connectivity index (χ1n) is 8.07. The fourth-order valence-electron chi connectivity index (χ4n) is 2.12. The van der Waals surface area contributed by atoms with E-state index in [0.717, 1.165) is 17.5 Å². The highest BCUT2D eigenvalue weighted by Gasteiger charge is 2.05. The fraction of sp³-hybridized carbons (Fsp3) is 0.368. The fourth-order valence-corrected chi connectivity index (χ4v) is 2.21. The van der Waals surface area contributed by atoms with Crippen LogP contribution in [0.4, 0.5) is 0 Å². The molecule has 2 aromatic rings. The monoisotopic (exact) mass is 366 g/mol. The van der Waals surface area contributed by atoms with Crippen LogP contribution in [0.25, 0.3) is 0 Å². The molecule has 3 N–H and O–H groups in total. The van der Waals surface area contributed by atoms with Crippen molar-refractivity contribution in [3.63, 3.8) is 0 Å². The minimum absolute atomic E-state index is 0.0652. The maximum Gasteiger partial charge on any atom is 0.119 e. The largest absolute Gasteiger partial charge is 0.491 e. The van der Waals surface area contributed by atoms with Crippen LogP contribution in [0, 0.1) is 0 Å². The molecule has 136 valence electrons. The molecule has 0 aromatic heterocycles. The van der Waals surface area contributed by atoms with E-state index in [1.54, 1.807) is 0 Å². The maximum absolute atomic E-state index is 9.38. The summed E-state index contributed by atoms with van der Waals surface area (Å²) in [6.07, 6.45) is -0.768. The van der Waals surface area contributed by atoms with Gasteiger partial charge in [-0.2, -0.15) is 0 Å². The summed E-state index contributed by atoms with van der Waals surface area (Å²) in [5.41, 5.74) is 2.26. The number of hydrogen-bond donors (Lipinski definition) is 3. The number of benzene rings is 2. The van der Waals surface area contributed by atoms with Crippen LogP contribution in [0.3, 0.4) is 0 Å². The molecule has 0 saturated heterocycles. The smallest absolute Gasteiger partial charge is 0.119 e. The Hall–Kier alpha value is -1.79. The Bertz CT molecular complexity index is 559. The third-order valence-corrected chi connectivity index (χ3v) is 3.88. The minimum Gasteiger partial charge on any atom is -0.491 e. The van der Waals surface area contributed by atoms with E-state index in [2.05, 4.69) is 0 Å². The quantitative estimate of drug-likeness (QED) is 0.560. The Kier molecular flexibility index (Phi) is 8.01. The van der Waals surface area contributed by atoms with Gasteiger partial charge < -0.3 is 24.8 Å². The molecule has 0 aliphatic heterocycles. The summed E-state index contributed by atoms with van der Waals surface area (Å²) in [6.45, 7) is -0.0758. The Labute approximate surface area is 152 Å². The van der Waals surface area contributed by atoms with Gasteiger partial charge in [-0.25, -0.2) is 0 Å². The Morgan fingerprint density at radius 3 is 1.60 bits per heavy atom. The molecular weight excluding hydrogens is 344 g/mol. The van der Waals surface area contributed by atoms with Crippen molar-refractivity contribution in [2.75, 3.05) is 25.7 Å². The normalized spacial score (nSPS) is 13.3. The summed E-state index contributed by atoms with van der Waals surface area (Å²) in [5, 5.41) is 27.4. The highest BCUT2D eigenvalue weighted by Crippen LogP contribution is 2.18. The van der Waals surface area contributed by atoms with Gasteiger partial charge in [-0.05, 0) is 41.8 Å². The molecule has 2 atom stereocenters. The number of halogens is 1.